The summed E-state index contributed by atoms with van der Waals surface area (Å²) in [7, 11) is 0. The molecule has 0 aliphatic carbocycles. The molecule has 2 aromatic rings. The van der Waals surface area contributed by atoms with E-state index in [1.807, 2.05) is 0 Å². The van der Waals surface area contributed by atoms with E-state index in [9.17, 15) is 13.2 Å². The first-order chi connectivity index (χ1) is 10.0. The van der Waals surface area contributed by atoms with Gasteiger partial charge in [-0.1, -0.05) is 50.1 Å². The molecule has 0 spiro atoms. The molecule has 2 aromatic carbocycles. The molecule has 0 radical (unpaired) electrons. The minimum Gasteiger partial charge on any atom is -0.207 e. The minimum atomic E-state index is -0.694. The Morgan fingerprint density at radius 1 is 0.857 bits per heavy atom. The lowest BCUT2D eigenvalue weighted by Gasteiger charge is -2.31. The van der Waals surface area contributed by atoms with Crippen molar-refractivity contribution in [1.82, 2.24) is 0 Å². The van der Waals surface area contributed by atoms with Gasteiger partial charge in [-0.15, -0.1) is 0 Å². The van der Waals surface area contributed by atoms with Gasteiger partial charge in [-0.25, -0.2) is 13.2 Å². The van der Waals surface area contributed by atoms with Gasteiger partial charge in [0, 0.05) is 16.1 Å². The maximum absolute atomic E-state index is 14.1. The van der Waals surface area contributed by atoms with Crippen LogP contribution in [0.1, 0.15) is 11.1 Å². The Morgan fingerprint density at radius 3 is 2.14 bits per heavy atom. The fraction of sp³-hybridized carbons (Fsp3) is 0.250. The van der Waals surface area contributed by atoms with Gasteiger partial charge in [0.05, 0.1) is 0 Å². The zero-order valence-corrected chi connectivity index (χ0v) is 14.2. The normalized spacial score (nSPS) is 11.7. The first-order valence-electron chi connectivity index (χ1n) is 6.33. The molecule has 0 atom stereocenters. The average molecular weight is 422 g/mol. The lowest BCUT2D eigenvalue weighted by atomic mass is 9.78. The second-order valence-electron chi connectivity index (χ2n) is 4.94. The van der Waals surface area contributed by atoms with Crippen LogP contribution in [-0.2, 0) is 11.8 Å². The molecule has 21 heavy (non-hydrogen) atoms. The van der Waals surface area contributed by atoms with Gasteiger partial charge in [-0.2, -0.15) is 0 Å². The van der Waals surface area contributed by atoms with Crippen molar-refractivity contribution >= 4 is 31.9 Å². The molecule has 2 rings (SSSR count). The van der Waals surface area contributed by atoms with Crippen molar-refractivity contribution in [2.24, 2.45) is 0 Å². The highest BCUT2D eigenvalue weighted by atomic mass is 79.9. The fourth-order valence-corrected chi connectivity index (χ4v) is 4.23. The Hall–Kier alpha value is -0.810. The summed E-state index contributed by atoms with van der Waals surface area (Å²) in [5, 5.41) is 0.838. The van der Waals surface area contributed by atoms with Gasteiger partial charge < -0.3 is 0 Å². The van der Waals surface area contributed by atoms with E-state index < -0.39 is 17.0 Å². The zero-order chi connectivity index (χ0) is 15.5. The Bertz CT molecular complexity index is 625. The zero-order valence-electron chi connectivity index (χ0n) is 11.1. The topological polar surface area (TPSA) is 0 Å². The van der Waals surface area contributed by atoms with Crippen LogP contribution in [0.4, 0.5) is 13.2 Å². The highest BCUT2D eigenvalue weighted by Crippen LogP contribution is 2.35. The number of halogens is 5. The molecule has 0 aliphatic heterocycles. The average Bonchev–Trinajstić information content (AvgIpc) is 2.49. The minimum absolute atomic E-state index is 0.189. The third-order valence-electron chi connectivity index (χ3n) is 3.49. The van der Waals surface area contributed by atoms with Crippen LogP contribution in [0.15, 0.2) is 42.5 Å². The van der Waals surface area contributed by atoms with Crippen LogP contribution in [0.2, 0.25) is 0 Å². The molecule has 0 saturated heterocycles. The molecule has 0 aliphatic rings. The fourth-order valence-electron chi connectivity index (χ4n) is 2.30. The second kappa shape index (κ2) is 6.97. The van der Waals surface area contributed by atoms with Gasteiger partial charge in [-0.05, 0) is 41.8 Å². The van der Waals surface area contributed by atoms with Crippen LogP contribution in [0.5, 0.6) is 0 Å². The molecule has 0 amide bonds. The van der Waals surface area contributed by atoms with Crippen molar-refractivity contribution in [2.75, 3.05) is 10.7 Å². The molecule has 0 heterocycles. The number of hydrogen-bond donors (Lipinski definition) is 0. The Morgan fingerprint density at radius 2 is 1.52 bits per heavy atom. The summed E-state index contributed by atoms with van der Waals surface area (Å²) in [4.78, 5) is 0. The second-order valence-corrected chi connectivity index (χ2v) is 6.06. The van der Waals surface area contributed by atoms with Crippen LogP contribution in [-0.4, -0.2) is 10.7 Å². The molecular weight excluding hydrogens is 409 g/mol. The molecule has 5 heteroatoms. The van der Waals surface area contributed by atoms with Gasteiger partial charge in [0.2, 0.25) is 0 Å². The van der Waals surface area contributed by atoms with E-state index in [1.165, 1.54) is 6.07 Å². The highest BCUT2D eigenvalue weighted by Gasteiger charge is 2.33. The molecule has 0 nitrogen and oxygen atoms in total. The first-order valence-corrected chi connectivity index (χ1v) is 8.57. The van der Waals surface area contributed by atoms with Crippen LogP contribution in [0, 0.1) is 17.5 Å². The van der Waals surface area contributed by atoms with E-state index in [4.69, 9.17) is 0 Å². The first kappa shape index (κ1) is 16.6. The molecular formula is C16H13Br2F3. The van der Waals surface area contributed by atoms with Crippen molar-refractivity contribution in [3.63, 3.8) is 0 Å². The van der Waals surface area contributed by atoms with Gasteiger partial charge in [0.15, 0.2) is 0 Å². The molecule has 0 aromatic heterocycles. The van der Waals surface area contributed by atoms with Gasteiger partial charge in [0.25, 0.3) is 0 Å². The van der Waals surface area contributed by atoms with E-state index in [2.05, 4.69) is 31.9 Å². The Kier molecular flexibility index (Phi) is 5.49. The number of rotatable bonds is 5. The van der Waals surface area contributed by atoms with Crippen LogP contribution >= 0.6 is 31.9 Å². The third-order valence-corrected chi connectivity index (χ3v) is 5.64. The molecule has 0 unspecified atom stereocenters. The maximum atomic E-state index is 14.1. The quantitative estimate of drug-likeness (QED) is 0.569. The summed E-state index contributed by atoms with van der Waals surface area (Å²) < 4.78 is 41.4. The van der Waals surface area contributed by atoms with Crippen LogP contribution < -0.4 is 0 Å². The van der Waals surface area contributed by atoms with E-state index in [-0.39, 0.29) is 17.8 Å². The molecule has 0 fully saturated rings. The van der Waals surface area contributed by atoms with Gasteiger partial charge in [-0.3, -0.25) is 0 Å². The predicted octanol–water partition coefficient (Wildman–Crippen LogP) is 5.37. The standard InChI is InChI=1S/C16H13Br2F3/c17-9-16(10-18,13-3-1-2-4-15(13)21)8-11-7-12(19)5-6-14(11)20/h1-7H,8-10H2. The van der Waals surface area contributed by atoms with Crippen LogP contribution in [0.3, 0.4) is 0 Å². The SMILES string of the molecule is Fc1ccc(F)c(CC(CBr)(CBr)c2ccccc2F)c1. The maximum Gasteiger partial charge on any atom is 0.127 e. The van der Waals surface area contributed by atoms with E-state index in [0.29, 0.717) is 16.2 Å². The Balaban J connectivity index is 2.48. The van der Waals surface area contributed by atoms with Crippen LogP contribution in [0.25, 0.3) is 0 Å². The van der Waals surface area contributed by atoms with Gasteiger partial charge in [0.1, 0.15) is 17.5 Å². The predicted molar refractivity (Wildman–Crippen MR) is 85.7 cm³/mol. The summed E-state index contributed by atoms with van der Waals surface area (Å²) in [5.74, 6) is -1.34. The third kappa shape index (κ3) is 3.51. The van der Waals surface area contributed by atoms with E-state index in [0.717, 1.165) is 18.2 Å². The molecule has 0 bridgehead atoms. The van der Waals surface area contributed by atoms with Crippen molar-refractivity contribution < 1.29 is 13.2 Å². The number of alkyl halides is 2. The smallest absolute Gasteiger partial charge is 0.127 e. The van der Waals surface area contributed by atoms with Gasteiger partial charge >= 0.3 is 0 Å². The van der Waals surface area contributed by atoms with E-state index in [1.54, 1.807) is 18.2 Å². The summed E-state index contributed by atoms with van der Waals surface area (Å²) >= 11 is 6.78. The van der Waals surface area contributed by atoms with Crippen molar-refractivity contribution in [1.29, 1.82) is 0 Å². The largest absolute Gasteiger partial charge is 0.207 e. The summed E-state index contributed by atoms with van der Waals surface area (Å²) in [6, 6.07) is 9.73. The molecule has 0 N–H and O–H groups in total. The number of hydrogen-bond acceptors (Lipinski definition) is 0. The van der Waals surface area contributed by atoms with E-state index >= 15 is 0 Å². The van der Waals surface area contributed by atoms with Crippen molar-refractivity contribution in [3.8, 4) is 0 Å². The number of benzene rings is 2. The molecule has 112 valence electrons. The Labute approximate surface area is 138 Å². The summed E-state index contributed by atoms with van der Waals surface area (Å²) in [6.45, 7) is 0. The van der Waals surface area contributed by atoms with Crippen molar-refractivity contribution in [2.45, 2.75) is 11.8 Å². The summed E-state index contributed by atoms with van der Waals surface area (Å²) in [6.07, 6.45) is 0.189. The molecule has 0 saturated carbocycles. The lowest BCUT2D eigenvalue weighted by molar-refractivity contribution is 0.484. The summed E-state index contributed by atoms with van der Waals surface area (Å²) in [5.41, 5.74) is 0.0135. The van der Waals surface area contributed by atoms with Crippen molar-refractivity contribution in [3.05, 3.63) is 71.0 Å². The highest BCUT2D eigenvalue weighted by molar-refractivity contribution is 9.09. The lowest BCUT2D eigenvalue weighted by Crippen LogP contribution is -2.34. The monoisotopic (exact) mass is 420 g/mol.